The molecule has 0 fully saturated rings. The normalized spacial score (nSPS) is 13.1. The predicted molar refractivity (Wildman–Crippen MR) is 169 cm³/mol. The van der Waals surface area contributed by atoms with Gasteiger partial charge in [-0.15, -0.1) is 0 Å². The highest BCUT2D eigenvalue weighted by Crippen LogP contribution is 2.34. The predicted octanol–water partition coefficient (Wildman–Crippen LogP) is 4.20. The van der Waals surface area contributed by atoms with E-state index in [-0.39, 0.29) is 41.5 Å². The van der Waals surface area contributed by atoms with Crippen LogP contribution in [0.2, 0.25) is 0 Å². The Hall–Kier alpha value is -5.43. The zero-order valence-corrected chi connectivity index (χ0v) is 25.6. The highest BCUT2D eigenvalue weighted by Gasteiger charge is 2.29. The summed E-state index contributed by atoms with van der Waals surface area (Å²) in [6, 6.07) is 24.9. The largest absolute Gasteiger partial charge is 0.486 e. The number of nitrogens with one attached hydrogen (secondary N) is 2. The van der Waals surface area contributed by atoms with Crippen molar-refractivity contribution >= 4 is 33.7 Å². The van der Waals surface area contributed by atoms with Gasteiger partial charge in [0.1, 0.15) is 31.3 Å². The second kappa shape index (κ2) is 14.6. The Balaban J connectivity index is 1.18. The number of nitrogens with zero attached hydrogens (tertiary/aromatic N) is 2. The number of fused-ring (bicyclic) bond motifs is 1. The molecule has 0 aliphatic carbocycles. The van der Waals surface area contributed by atoms with Gasteiger partial charge < -0.3 is 19.5 Å². The molecule has 1 atom stereocenters. The molecule has 238 valence electrons. The minimum absolute atomic E-state index is 0.0780. The zero-order chi connectivity index (χ0) is 32.5. The van der Waals surface area contributed by atoms with Crippen molar-refractivity contribution in [2.24, 2.45) is 5.10 Å². The van der Waals surface area contributed by atoms with E-state index in [1.165, 1.54) is 36.5 Å². The number of hydrogen-bond donors (Lipinski definition) is 2. The second-order valence-corrected chi connectivity index (χ2v) is 12.0. The fourth-order valence-corrected chi connectivity index (χ4v) is 5.92. The van der Waals surface area contributed by atoms with E-state index in [1.807, 2.05) is 37.3 Å². The van der Waals surface area contributed by atoms with Crippen LogP contribution in [0.25, 0.3) is 0 Å². The molecular weight excluding hydrogens is 615 g/mol. The van der Waals surface area contributed by atoms with Gasteiger partial charge in [-0.25, -0.2) is 18.2 Å². The van der Waals surface area contributed by atoms with Gasteiger partial charge in [-0.2, -0.15) is 5.10 Å². The maximum atomic E-state index is 13.7. The summed E-state index contributed by atoms with van der Waals surface area (Å²) in [4.78, 5) is 25.0. The third-order valence-electron chi connectivity index (χ3n) is 6.83. The van der Waals surface area contributed by atoms with Crippen LogP contribution in [0, 0.1) is 5.82 Å². The first-order valence-electron chi connectivity index (χ1n) is 14.3. The molecule has 2 amide bonds. The summed E-state index contributed by atoms with van der Waals surface area (Å²) >= 11 is 0. The van der Waals surface area contributed by atoms with Crippen molar-refractivity contribution in [2.45, 2.75) is 17.9 Å². The van der Waals surface area contributed by atoms with Crippen LogP contribution in [-0.4, -0.2) is 52.8 Å². The number of carbonyl (C=O) groups excluding carboxylic acids is 2. The maximum Gasteiger partial charge on any atom is 0.264 e. The lowest BCUT2D eigenvalue weighted by Gasteiger charge is -2.25. The number of sulfonamides is 1. The Kier molecular flexibility index (Phi) is 10.1. The number of carbonyl (C=O) groups is 2. The molecule has 0 saturated heterocycles. The van der Waals surface area contributed by atoms with Crippen LogP contribution < -0.4 is 29.3 Å². The van der Waals surface area contributed by atoms with E-state index in [4.69, 9.17) is 14.2 Å². The quantitative estimate of drug-likeness (QED) is 0.174. The van der Waals surface area contributed by atoms with Crippen molar-refractivity contribution in [3.05, 3.63) is 114 Å². The average molecular weight is 647 g/mol. The van der Waals surface area contributed by atoms with Crippen molar-refractivity contribution in [1.82, 2.24) is 10.7 Å². The molecule has 0 aromatic heterocycles. The Labute approximate surface area is 265 Å². The molecule has 2 N–H and O–H groups in total. The molecule has 1 heterocycles. The molecule has 5 rings (SSSR count). The molecular formula is C33H31FN4O7S. The van der Waals surface area contributed by atoms with E-state index in [2.05, 4.69) is 15.8 Å². The summed E-state index contributed by atoms with van der Waals surface area (Å²) in [6.45, 7) is 1.69. The molecule has 46 heavy (non-hydrogen) atoms. The van der Waals surface area contributed by atoms with Gasteiger partial charge in [-0.1, -0.05) is 30.3 Å². The lowest BCUT2D eigenvalue weighted by Crippen LogP contribution is -2.39. The highest BCUT2D eigenvalue weighted by atomic mass is 32.2. The summed E-state index contributed by atoms with van der Waals surface area (Å²) in [5, 5.41) is 6.81. The molecule has 11 nitrogen and oxygen atoms in total. The van der Waals surface area contributed by atoms with E-state index in [9.17, 15) is 22.4 Å². The lowest BCUT2D eigenvalue weighted by molar-refractivity contribution is -0.123. The van der Waals surface area contributed by atoms with Gasteiger partial charge >= 0.3 is 0 Å². The van der Waals surface area contributed by atoms with E-state index in [1.54, 1.807) is 24.3 Å². The van der Waals surface area contributed by atoms with Crippen molar-refractivity contribution < 1.29 is 36.6 Å². The van der Waals surface area contributed by atoms with Gasteiger partial charge in [0, 0.05) is 6.07 Å². The molecule has 0 unspecified atom stereocenters. The summed E-state index contributed by atoms with van der Waals surface area (Å²) in [5.74, 6) is -0.440. The number of halogens is 1. The minimum atomic E-state index is -4.29. The first kappa shape index (κ1) is 32.0. The fourth-order valence-electron chi connectivity index (χ4n) is 4.49. The molecule has 1 aliphatic heterocycles. The van der Waals surface area contributed by atoms with Crippen LogP contribution in [0.5, 0.6) is 17.2 Å². The van der Waals surface area contributed by atoms with Gasteiger partial charge in [-0.05, 0) is 78.7 Å². The molecule has 0 radical (unpaired) electrons. The number of rotatable bonds is 12. The fraction of sp³-hybridized carbons (Fsp3) is 0.182. The molecule has 0 saturated carbocycles. The van der Waals surface area contributed by atoms with Gasteiger partial charge in [0.2, 0.25) is 0 Å². The van der Waals surface area contributed by atoms with Crippen molar-refractivity contribution in [3.63, 3.8) is 0 Å². The molecule has 1 aliphatic rings. The average Bonchev–Trinajstić information content (AvgIpc) is 3.07. The number of anilines is 1. The molecule has 4 aromatic rings. The molecule has 4 aromatic carbocycles. The number of hydrogen-bond acceptors (Lipinski definition) is 8. The smallest absolute Gasteiger partial charge is 0.264 e. The van der Waals surface area contributed by atoms with Crippen LogP contribution in [0.3, 0.4) is 0 Å². The van der Waals surface area contributed by atoms with Crippen LogP contribution in [0.1, 0.15) is 24.1 Å². The third kappa shape index (κ3) is 8.18. The maximum absolute atomic E-state index is 13.7. The van der Waals surface area contributed by atoms with E-state index in [0.29, 0.717) is 23.7 Å². The standard InChI is InChI=1S/C33H31FN4O7S/c1-23(25-5-3-2-4-6-25)36-33(40)22-45-28-13-7-24(8-14-28)20-35-37-32(39)21-38(27-11-9-26(34)10-12-27)46(41,42)29-15-16-30-31(19-29)44-18-17-43-30/h2-16,19-20,23H,17-18,21-22H2,1H3,(H,36,40)(H,37,39)/b35-20-/t23-/m0/s1. The van der Waals surface area contributed by atoms with Gasteiger partial charge in [0.25, 0.3) is 21.8 Å². The molecule has 0 spiro atoms. The van der Waals surface area contributed by atoms with E-state index >= 15 is 0 Å². The highest BCUT2D eigenvalue weighted by molar-refractivity contribution is 7.92. The van der Waals surface area contributed by atoms with Crippen LogP contribution >= 0.6 is 0 Å². The van der Waals surface area contributed by atoms with Gasteiger partial charge in [-0.3, -0.25) is 13.9 Å². The summed E-state index contributed by atoms with van der Waals surface area (Å²) in [7, 11) is -4.29. The first-order chi connectivity index (χ1) is 22.2. The molecule has 0 bridgehead atoms. The lowest BCUT2D eigenvalue weighted by atomic mass is 10.1. The van der Waals surface area contributed by atoms with E-state index < -0.39 is 28.3 Å². The third-order valence-corrected chi connectivity index (χ3v) is 8.60. The van der Waals surface area contributed by atoms with E-state index in [0.717, 1.165) is 22.0 Å². The van der Waals surface area contributed by atoms with Crippen molar-refractivity contribution in [2.75, 3.05) is 30.7 Å². The Morgan fingerprint density at radius 2 is 1.63 bits per heavy atom. The Bertz CT molecular complexity index is 1800. The van der Waals surface area contributed by atoms with Gasteiger partial charge in [0.05, 0.1) is 22.8 Å². The summed E-state index contributed by atoms with van der Waals surface area (Å²) in [6.07, 6.45) is 1.37. The van der Waals surface area contributed by atoms with Crippen LogP contribution in [0.15, 0.2) is 107 Å². The Morgan fingerprint density at radius 1 is 0.935 bits per heavy atom. The minimum Gasteiger partial charge on any atom is -0.486 e. The van der Waals surface area contributed by atoms with Crippen molar-refractivity contribution in [1.29, 1.82) is 0 Å². The second-order valence-electron chi connectivity index (χ2n) is 10.1. The first-order valence-corrected chi connectivity index (χ1v) is 15.7. The number of amides is 2. The Morgan fingerprint density at radius 3 is 2.35 bits per heavy atom. The monoisotopic (exact) mass is 646 g/mol. The van der Waals surface area contributed by atoms with Crippen molar-refractivity contribution in [3.8, 4) is 17.2 Å². The number of hydrazone groups is 1. The number of benzene rings is 4. The van der Waals surface area contributed by atoms with Crippen LogP contribution in [0.4, 0.5) is 10.1 Å². The SMILES string of the molecule is C[C@H](NC(=O)COc1ccc(/C=N\NC(=O)CN(c2ccc(F)cc2)S(=O)(=O)c2ccc3c(c2)OCCO3)cc1)c1ccccc1. The molecule has 13 heteroatoms. The van der Waals surface area contributed by atoms with Crippen LogP contribution in [-0.2, 0) is 19.6 Å². The number of ether oxygens (including phenoxy) is 3. The van der Waals surface area contributed by atoms with Gasteiger partial charge in [0.15, 0.2) is 18.1 Å². The topological polar surface area (TPSA) is 136 Å². The summed E-state index contributed by atoms with van der Waals surface area (Å²) < 4.78 is 58.4. The zero-order valence-electron chi connectivity index (χ0n) is 24.8. The summed E-state index contributed by atoms with van der Waals surface area (Å²) in [5.41, 5.74) is 3.99.